The number of nitrogens with zero attached hydrogens (tertiary/aromatic N) is 2. The number of halogens is 1. The molecule has 0 atom stereocenters. The van der Waals surface area contributed by atoms with Crippen LogP contribution in [0.2, 0.25) is 0 Å². The van der Waals surface area contributed by atoms with Gasteiger partial charge in [-0.1, -0.05) is 0 Å². The second kappa shape index (κ2) is 8.55. The molecule has 3 aromatic rings. The first-order valence-electron chi connectivity index (χ1n) is 8.99. The molecular formula is C21H21FN4O2. The van der Waals surface area contributed by atoms with E-state index in [9.17, 15) is 9.65 Å². The number of rotatable bonds is 7. The van der Waals surface area contributed by atoms with Crippen LogP contribution in [-0.4, -0.2) is 18.2 Å². The number of nitrogens with one attached hydrogen (secondary N) is 1. The van der Waals surface area contributed by atoms with E-state index in [2.05, 4.69) is 16.4 Å². The highest BCUT2D eigenvalue weighted by molar-refractivity contribution is 5.97. The molecule has 0 amide bonds. The van der Waals surface area contributed by atoms with Crippen molar-refractivity contribution in [1.82, 2.24) is 4.98 Å². The summed E-state index contributed by atoms with van der Waals surface area (Å²) in [6.45, 7) is 4.89. The van der Waals surface area contributed by atoms with Crippen molar-refractivity contribution in [2.75, 3.05) is 18.5 Å². The Morgan fingerprint density at radius 3 is 2.50 bits per heavy atom. The average Bonchev–Trinajstić information content (AvgIpc) is 2.70. The first-order valence-corrected chi connectivity index (χ1v) is 8.99. The van der Waals surface area contributed by atoms with Gasteiger partial charge in [0, 0.05) is 29.9 Å². The molecule has 28 heavy (non-hydrogen) atoms. The number of hydrogen-bond donors (Lipinski definition) is 2. The number of aromatic nitrogens is 1. The maximum Gasteiger partial charge on any atom is 0.163 e. The van der Waals surface area contributed by atoms with Crippen molar-refractivity contribution in [3.8, 4) is 17.6 Å². The van der Waals surface area contributed by atoms with Crippen LogP contribution in [0.4, 0.5) is 15.8 Å². The summed E-state index contributed by atoms with van der Waals surface area (Å²) < 4.78 is 24.9. The maximum absolute atomic E-state index is 13.5. The normalized spacial score (nSPS) is 10.5. The van der Waals surface area contributed by atoms with E-state index >= 15 is 0 Å². The Morgan fingerprint density at radius 2 is 1.86 bits per heavy atom. The summed E-state index contributed by atoms with van der Waals surface area (Å²) in [5.74, 6) is 0.783. The van der Waals surface area contributed by atoms with Crippen LogP contribution in [0, 0.1) is 17.1 Å². The van der Waals surface area contributed by atoms with Crippen LogP contribution in [0.1, 0.15) is 25.0 Å². The van der Waals surface area contributed by atoms with Gasteiger partial charge in [-0.05, 0) is 43.7 Å². The summed E-state index contributed by atoms with van der Waals surface area (Å²) in [5.41, 5.74) is 8.53. The number of benzene rings is 2. The Bertz CT molecular complexity index is 1050. The van der Waals surface area contributed by atoms with Crippen LogP contribution in [0.25, 0.3) is 10.9 Å². The predicted molar refractivity (Wildman–Crippen MR) is 106 cm³/mol. The van der Waals surface area contributed by atoms with Gasteiger partial charge >= 0.3 is 0 Å². The number of hydrogen-bond acceptors (Lipinski definition) is 6. The van der Waals surface area contributed by atoms with E-state index in [1.807, 2.05) is 13.8 Å². The first-order chi connectivity index (χ1) is 13.6. The summed E-state index contributed by atoms with van der Waals surface area (Å²) >= 11 is 0. The van der Waals surface area contributed by atoms with Crippen molar-refractivity contribution in [2.45, 2.75) is 20.4 Å². The zero-order valence-corrected chi connectivity index (χ0v) is 15.8. The van der Waals surface area contributed by atoms with E-state index in [4.69, 9.17) is 15.2 Å². The lowest BCUT2D eigenvalue weighted by Gasteiger charge is -2.17. The number of anilines is 2. The van der Waals surface area contributed by atoms with Crippen LogP contribution in [0.15, 0.2) is 36.5 Å². The van der Waals surface area contributed by atoms with Crippen molar-refractivity contribution in [3.05, 3.63) is 53.5 Å². The zero-order chi connectivity index (χ0) is 20.1. The Balaban J connectivity index is 2.19. The fraction of sp³-hybridized carbons (Fsp3) is 0.238. The van der Waals surface area contributed by atoms with E-state index in [1.165, 1.54) is 18.3 Å². The molecule has 0 aliphatic rings. The predicted octanol–water partition coefficient (Wildman–Crippen LogP) is 4.25. The van der Waals surface area contributed by atoms with Gasteiger partial charge in [-0.15, -0.1) is 0 Å². The molecule has 2 aromatic carbocycles. The third-order valence-electron chi connectivity index (χ3n) is 4.20. The third kappa shape index (κ3) is 3.82. The molecule has 0 saturated heterocycles. The van der Waals surface area contributed by atoms with E-state index in [0.717, 1.165) is 0 Å². The van der Waals surface area contributed by atoms with Gasteiger partial charge < -0.3 is 20.5 Å². The monoisotopic (exact) mass is 380 g/mol. The van der Waals surface area contributed by atoms with Gasteiger partial charge in [0.25, 0.3) is 0 Å². The maximum atomic E-state index is 13.5. The molecule has 3 N–H and O–H groups in total. The molecule has 0 aliphatic heterocycles. The van der Waals surface area contributed by atoms with E-state index in [0.29, 0.717) is 58.1 Å². The average molecular weight is 380 g/mol. The number of fused-ring (bicyclic) bond motifs is 1. The molecule has 3 rings (SSSR count). The van der Waals surface area contributed by atoms with Crippen LogP contribution in [-0.2, 0) is 6.54 Å². The molecule has 144 valence electrons. The van der Waals surface area contributed by atoms with Crippen molar-refractivity contribution in [2.24, 2.45) is 5.73 Å². The zero-order valence-electron chi connectivity index (χ0n) is 15.8. The Morgan fingerprint density at radius 1 is 1.14 bits per heavy atom. The molecule has 6 nitrogen and oxygen atoms in total. The molecule has 0 saturated carbocycles. The molecule has 0 fully saturated rings. The molecule has 7 heteroatoms. The minimum Gasteiger partial charge on any atom is -0.490 e. The first kappa shape index (κ1) is 19.4. The fourth-order valence-corrected chi connectivity index (χ4v) is 2.94. The second-order valence-electron chi connectivity index (χ2n) is 5.97. The van der Waals surface area contributed by atoms with Gasteiger partial charge in [-0.3, -0.25) is 4.98 Å². The summed E-state index contributed by atoms with van der Waals surface area (Å²) in [6.07, 6.45) is 1.49. The fourth-order valence-electron chi connectivity index (χ4n) is 2.94. The number of ether oxygens (including phenoxy) is 2. The SMILES string of the molecule is CCOc1cc2ncc(C#N)c(Nc3ccc(F)cc3CN)c2cc1OCC. The molecule has 0 radical (unpaired) electrons. The lowest BCUT2D eigenvalue weighted by molar-refractivity contribution is 0.288. The molecule has 0 aliphatic carbocycles. The van der Waals surface area contributed by atoms with Gasteiger partial charge in [0.15, 0.2) is 11.5 Å². The van der Waals surface area contributed by atoms with Gasteiger partial charge in [0.2, 0.25) is 0 Å². The quantitative estimate of drug-likeness (QED) is 0.637. The number of nitrogens with two attached hydrogens (primary N) is 1. The van der Waals surface area contributed by atoms with Crippen molar-refractivity contribution < 1.29 is 13.9 Å². The third-order valence-corrected chi connectivity index (χ3v) is 4.20. The topological polar surface area (TPSA) is 93.2 Å². The van der Waals surface area contributed by atoms with Crippen LogP contribution in [0.3, 0.4) is 0 Å². The lowest BCUT2D eigenvalue weighted by Crippen LogP contribution is -2.05. The Labute approximate surface area is 162 Å². The number of pyridine rings is 1. The van der Waals surface area contributed by atoms with Gasteiger partial charge in [-0.2, -0.15) is 5.26 Å². The van der Waals surface area contributed by atoms with E-state index in [1.54, 1.807) is 18.2 Å². The van der Waals surface area contributed by atoms with Crippen molar-refractivity contribution >= 4 is 22.3 Å². The van der Waals surface area contributed by atoms with E-state index < -0.39 is 0 Å². The smallest absolute Gasteiger partial charge is 0.163 e. The number of nitriles is 1. The van der Waals surface area contributed by atoms with Gasteiger partial charge in [0.1, 0.15) is 11.9 Å². The lowest BCUT2D eigenvalue weighted by atomic mass is 10.1. The van der Waals surface area contributed by atoms with Crippen LogP contribution < -0.4 is 20.5 Å². The minimum atomic E-state index is -0.369. The highest BCUT2D eigenvalue weighted by Gasteiger charge is 2.15. The molecule has 0 spiro atoms. The summed E-state index contributed by atoms with van der Waals surface area (Å²) in [5, 5.41) is 13.5. The Kier molecular flexibility index (Phi) is 5.92. The summed E-state index contributed by atoms with van der Waals surface area (Å²) in [7, 11) is 0. The largest absolute Gasteiger partial charge is 0.490 e. The van der Waals surface area contributed by atoms with Gasteiger partial charge in [0.05, 0.1) is 30.0 Å². The van der Waals surface area contributed by atoms with Crippen molar-refractivity contribution in [3.63, 3.8) is 0 Å². The van der Waals surface area contributed by atoms with Crippen LogP contribution in [0.5, 0.6) is 11.5 Å². The van der Waals surface area contributed by atoms with E-state index in [-0.39, 0.29) is 12.4 Å². The highest BCUT2D eigenvalue weighted by Crippen LogP contribution is 2.37. The molecule has 0 unspecified atom stereocenters. The molecular weight excluding hydrogens is 359 g/mol. The molecule has 1 aromatic heterocycles. The minimum absolute atomic E-state index is 0.156. The standard InChI is InChI=1S/C21H21FN4O2/c1-3-27-19-8-16-18(9-20(19)28-4-2)25-12-14(11-24)21(16)26-17-6-5-15(22)7-13(17)10-23/h5-9,12H,3-4,10,23H2,1-2H3,(H,25,26). The summed E-state index contributed by atoms with van der Waals surface area (Å²) in [4.78, 5) is 4.37. The molecule has 1 heterocycles. The van der Waals surface area contributed by atoms with Crippen molar-refractivity contribution in [1.29, 1.82) is 5.26 Å². The second-order valence-corrected chi connectivity index (χ2v) is 5.97. The van der Waals surface area contributed by atoms with Crippen LogP contribution >= 0.6 is 0 Å². The summed E-state index contributed by atoms with van der Waals surface area (Å²) in [6, 6.07) is 10.0. The Hall–Kier alpha value is -3.37. The molecule has 0 bridgehead atoms. The van der Waals surface area contributed by atoms with Gasteiger partial charge in [-0.25, -0.2) is 4.39 Å². The highest BCUT2D eigenvalue weighted by atomic mass is 19.1.